The van der Waals surface area contributed by atoms with Gasteiger partial charge in [-0.2, -0.15) is 8.78 Å². The van der Waals surface area contributed by atoms with Crippen molar-refractivity contribution >= 4 is 12.1 Å². The number of carbonyl (C=O) groups excluding carboxylic acids is 2. The molecular weight excluding hydrogens is 296 g/mol. The highest BCUT2D eigenvalue weighted by Crippen LogP contribution is 2.18. The highest BCUT2D eigenvalue weighted by atomic mass is 19.3. The normalized spacial score (nSPS) is 14.0. The summed E-state index contributed by atoms with van der Waals surface area (Å²) in [7, 11) is 0.884. The van der Waals surface area contributed by atoms with Crippen molar-refractivity contribution in [1.29, 1.82) is 0 Å². The lowest BCUT2D eigenvalue weighted by atomic mass is 10.0. The molecule has 1 amide bonds. The van der Waals surface area contributed by atoms with Crippen molar-refractivity contribution in [2.75, 3.05) is 7.11 Å². The summed E-state index contributed by atoms with van der Waals surface area (Å²) in [5.74, 6) is -5.24. The van der Waals surface area contributed by atoms with Crippen LogP contribution in [0.25, 0.3) is 0 Å². The zero-order valence-corrected chi connectivity index (χ0v) is 13.9. The van der Waals surface area contributed by atoms with E-state index in [0.29, 0.717) is 12.5 Å². The molecule has 5 nitrogen and oxygen atoms in total. The zero-order valence-electron chi connectivity index (χ0n) is 13.9. The number of esters is 1. The van der Waals surface area contributed by atoms with Gasteiger partial charge in [0.1, 0.15) is 5.60 Å². The number of methoxy groups -OCH3 is 1. The minimum atomic E-state index is -3.74. The van der Waals surface area contributed by atoms with E-state index in [-0.39, 0.29) is 5.92 Å². The van der Waals surface area contributed by atoms with E-state index in [0.717, 1.165) is 13.2 Å². The van der Waals surface area contributed by atoms with Crippen LogP contribution in [0.1, 0.15) is 41.0 Å². The van der Waals surface area contributed by atoms with Crippen molar-refractivity contribution in [2.24, 2.45) is 5.92 Å². The molecule has 128 valence electrons. The molecule has 0 aromatic carbocycles. The second-order valence-electron chi connectivity index (χ2n) is 6.36. The summed E-state index contributed by atoms with van der Waals surface area (Å²) in [6, 6.07) is -0.676. The molecule has 1 N–H and O–H groups in total. The fourth-order valence-electron chi connectivity index (χ4n) is 1.59. The fraction of sp³-hybridized carbons (Fsp3) is 0.733. The molecule has 0 saturated carbocycles. The lowest BCUT2D eigenvalue weighted by Gasteiger charge is -2.23. The number of amides is 1. The van der Waals surface area contributed by atoms with Crippen LogP contribution in [0.15, 0.2) is 12.2 Å². The molecule has 0 aliphatic rings. The lowest BCUT2D eigenvalue weighted by Crippen LogP contribution is -2.39. The van der Waals surface area contributed by atoms with E-state index < -0.39 is 29.6 Å². The maximum Gasteiger partial charge on any atom is 0.408 e. The number of rotatable bonds is 6. The minimum Gasteiger partial charge on any atom is -0.464 e. The Morgan fingerprint density at radius 1 is 1.23 bits per heavy atom. The average molecular weight is 321 g/mol. The van der Waals surface area contributed by atoms with Crippen LogP contribution in [0.2, 0.25) is 0 Å². The maximum atomic E-state index is 13.4. The van der Waals surface area contributed by atoms with E-state index in [9.17, 15) is 18.4 Å². The van der Waals surface area contributed by atoms with Crippen molar-refractivity contribution in [3.63, 3.8) is 0 Å². The zero-order chi connectivity index (χ0) is 17.6. The van der Waals surface area contributed by atoms with Crippen LogP contribution in [0.3, 0.4) is 0 Å². The van der Waals surface area contributed by atoms with Crippen LogP contribution >= 0.6 is 0 Å². The van der Waals surface area contributed by atoms with Crippen molar-refractivity contribution < 1.29 is 27.8 Å². The molecule has 0 bridgehead atoms. The Morgan fingerprint density at radius 2 is 1.77 bits per heavy atom. The van der Waals surface area contributed by atoms with Gasteiger partial charge in [-0.25, -0.2) is 9.59 Å². The number of carbonyl (C=O) groups is 2. The van der Waals surface area contributed by atoms with Gasteiger partial charge in [0.05, 0.1) is 13.2 Å². The first-order chi connectivity index (χ1) is 9.87. The Bertz CT molecular complexity index is 414. The summed E-state index contributed by atoms with van der Waals surface area (Å²) in [5.41, 5.74) is -0.688. The molecule has 7 heteroatoms. The first-order valence-electron chi connectivity index (χ1n) is 7.02. The van der Waals surface area contributed by atoms with Gasteiger partial charge >= 0.3 is 18.0 Å². The largest absolute Gasteiger partial charge is 0.464 e. The third-order valence-electron chi connectivity index (χ3n) is 2.42. The molecule has 1 atom stereocenters. The molecule has 0 aliphatic carbocycles. The summed E-state index contributed by atoms with van der Waals surface area (Å²) in [6.07, 6.45) is 1.24. The van der Waals surface area contributed by atoms with Gasteiger partial charge in [-0.3, -0.25) is 0 Å². The minimum absolute atomic E-state index is 0.149. The number of halogens is 2. The van der Waals surface area contributed by atoms with Crippen molar-refractivity contribution in [2.45, 2.75) is 58.6 Å². The maximum absolute atomic E-state index is 13.4. The second kappa shape index (κ2) is 8.10. The van der Waals surface area contributed by atoms with Gasteiger partial charge in [-0.15, -0.1) is 0 Å². The third kappa shape index (κ3) is 8.59. The molecule has 0 heterocycles. The first-order valence-corrected chi connectivity index (χ1v) is 7.02. The van der Waals surface area contributed by atoms with Gasteiger partial charge in [0, 0.05) is 0 Å². The highest BCUT2D eigenvalue weighted by molar-refractivity contribution is 5.79. The number of nitrogens with one attached hydrogen (secondary N) is 1. The first kappa shape index (κ1) is 20.3. The number of alkyl halides is 2. The predicted octanol–water partition coefficient (Wildman–Crippen LogP) is 3.29. The van der Waals surface area contributed by atoms with Gasteiger partial charge < -0.3 is 14.8 Å². The Hall–Kier alpha value is -1.66. The van der Waals surface area contributed by atoms with Crippen LogP contribution in [0, 0.1) is 5.92 Å². The topological polar surface area (TPSA) is 64.6 Å². The molecule has 22 heavy (non-hydrogen) atoms. The molecular formula is C15H25F2NO4. The molecule has 0 rings (SSSR count). The van der Waals surface area contributed by atoms with E-state index in [1.807, 2.05) is 13.8 Å². The Morgan fingerprint density at radius 3 is 2.18 bits per heavy atom. The molecule has 0 aliphatic heterocycles. The molecule has 0 fully saturated rings. The van der Waals surface area contributed by atoms with Gasteiger partial charge in [-0.1, -0.05) is 19.9 Å². The molecule has 0 radical (unpaired) electrons. The number of hydrogen-bond donors (Lipinski definition) is 1. The van der Waals surface area contributed by atoms with Gasteiger partial charge in [0.2, 0.25) is 0 Å². The quantitative estimate of drug-likeness (QED) is 0.602. The molecule has 0 saturated heterocycles. The molecule has 0 spiro atoms. The average Bonchev–Trinajstić information content (AvgIpc) is 2.31. The summed E-state index contributed by atoms with van der Waals surface area (Å²) < 4.78 is 35.9. The summed E-state index contributed by atoms with van der Waals surface area (Å²) in [5, 5.41) is 2.50. The van der Waals surface area contributed by atoms with Crippen LogP contribution in [0.5, 0.6) is 0 Å². The number of alkyl carbamates (subject to hydrolysis) is 1. The smallest absolute Gasteiger partial charge is 0.408 e. The summed E-state index contributed by atoms with van der Waals surface area (Å²) >= 11 is 0. The fourth-order valence-corrected chi connectivity index (χ4v) is 1.59. The predicted molar refractivity (Wildman–Crippen MR) is 78.7 cm³/mol. The highest BCUT2D eigenvalue weighted by Gasteiger charge is 2.37. The third-order valence-corrected chi connectivity index (χ3v) is 2.42. The van der Waals surface area contributed by atoms with Gasteiger partial charge in [0.25, 0.3) is 0 Å². The van der Waals surface area contributed by atoms with E-state index >= 15 is 0 Å². The summed E-state index contributed by atoms with van der Waals surface area (Å²) in [6.45, 7) is 8.87. The van der Waals surface area contributed by atoms with Crippen molar-refractivity contribution in [3.05, 3.63) is 12.2 Å². The van der Waals surface area contributed by atoms with E-state index in [1.54, 1.807) is 20.8 Å². The number of hydrogen-bond acceptors (Lipinski definition) is 4. The molecule has 0 unspecified atom stereocenters. The van der Waals surface area contributed by atoms with E-state index in [4.69, 9.17) is 4.74 Å². The Kier molecular flexibility index (Phi) is 7.49. The van der Waals surface area contributed by atoms with E-state index in [2.05, 4.69) is 10.1 Å². The van der Waals surface area contributed by atoms with Crippen LogP contribution in [-0.4, -0.2) is 36.7 Å². The van der Waals surface area contributed by atoms with Crippen LogP contribution in [-0.2, 0) is 14.3 Å². The van der Waals surface area contributed by atoms with Crippen LogP contribution < -0.4 is 5.32 Å². The monoisotopic (exact) mass is 321 g/mol. The van der Waals surface area contributed by atoms with Gasteiger partial charge in [-0.05, 0) is 39.2 Å². The van der Waals surface area contributed by atoms with E-state index in [1.165, 1.54) is 0 Å². The van der Waals surface area contributed by atoms with Crippen LogP contribution in [0.4, 0.5) is 13.6 Å². The summed E-state index contributed by atoms with van der Waals surface area (Å²) in [4.78, 5) is 22.7. The second-order valence-corrected chi connectivity index (χ2v) is 6.36. The van der Waals surface area contributed by atoms with Crippen molar-refractivity contribution in [1.82, 2.24) is 5.32 Å². The molecule has 0 aromatic heterocycles. The molecule has 0 aromatic rings. The Labute approximate surface area is 130 Å². The SMILES string of the molecule is COC(=O)C(F)(F)/C=C/[C@H](CC(C)C)NC(=O)OC(C)(C)C. The number of ether oxygens (including phenoxy) is 2. The Balaban J connectivity index is 4.92. The standard InChI is InChI=1S/C15H25F2NO4/c1-10(2)9-11(18-13(20)22-14(3,4)5)7-8-15(16,17)12(19)21-6/h7-8,10-11H,9H2,1-6H3,(H,18,20)/b8-7+/t11-/m1/s1. The van der Waals surface area contributed by atoms with Gasteiger partial charge in [0.15, 0.2) is 0 Å². The van der Waals surface area contributed by atoms with Crippen molar-refractivity contribution in [3.8, 4) is 0 Å². The lowest BCUT2D eigenvalue weighted by molar-refractivity contribution is -0.161.